The zero-order valence-electron chi connectivity index (χ0n) is 12.4. The first-order chi connectivity index (χ1) is 9.65. The van der Waals surface area contributed by atoms with Gasteiger partial charge in [-0.3, -0.25) is 0 Å². The van der Waals surface area contributed by atoms with Gasteiger partial charge >= 0.3 is 0 Å². The summed E-state index contributed by atoms with van der Waals surface area (Å²) in [5.74, 6) is 1.13. The van der Waals surface area contributed by atoms with Crippen LogP contribution in [0.5, 0.6) is 5.75 Å². The molecule has 0 radical (unpaired) electrons. The lowest BCUT2D eigenvalue weighted by atomic mass is 9.87. The zero-order chi connectivity index (χ0) is 14.5. The second kappa shape index (κ2) is 6.58. The quantitative estimate of drug-likeness (QED) is 0.894. The van der Waals surface area contributed by atoms with E-state index in [1.807, 2.05) is 13.0 Å². The largest absolute Gasteiger partial charge is 0.496 e. The smallest absolute Gasteiger partial charge is 0.121 e. The molecule has 2 aromatic rings. The fourth-order valence-electron chi connectivity index (χ4n) is 2.57. The van der Waals surface area contributed by atoms with Crippen LogP contribution in [0.2, 0.25) is 0 Å². The first-order valence-corrected chi connectivity index (χ1v) is 6.97. The molecule has 106 valence electrons. The second-order valence-electron chi connectivity index (χ2n) is 5.20. The van der Waals surface area contributed by atoms with Crippen molar-refractivity contribution in [2.24, 2.45) is 0 Å². The Hall–Kier alpha value is -1.80. The minimum absolute atomic E-state index is 0.184. The molecule has 0 aliphatic carbocycles. The van der Waals surface area contributed by atoms with Crippen LogP contribution in [-0.4, -0.2) is 18.8 Å². The lowest BCUT2D eigenvalue weighted by Crippen LogP contribution is -2.04. The number of benzene rings is 2. The third kappa shape index (κ3) is 3.20. The van der Waals surface area contributed by atoms with E-state index in [0.29, 0.717) is 0 Å². The van der Waals surface area contributed by atoms with Crippen LogP contribution in [0.25, 0.3) is 0 Å². The highest BCUT2D eigenvalue weighted by atomic mass is 16.5. The van der Waals surface area contributed by atoms with Crippen molar-refractivity contribution in [3.05, 3.63) is 64.7 Å². The van der Waals surface area contributed by atoms with Gasteiger partial charge in [0.25, 0.3) is 0 Å². The van der Waals surface area contributed by atoms with Crippen molar-refractivity contribution in [3.63, 3.8) is 0 Å². The summed E-state index contributed by atoms with van der Waals surface area (Å²) in [5.41, 5.74) is 4.85. The Morgan fingerprint density at radius 3 is 2.20 bits per heavy atom. The van der Waals surface area contributed by atoms with E-state index >= 15 is 0 Å². The Morgan fingerprint density at radius 1 is 1.00 bits per heavy atom. The van der Waals surface area contributed by atoms with Gasteiger partial charge in [-0.15, -0.1) is 0 Å². The number of hydrogen-bond donors (Lipinski definition) is 1. The van der Waals surface area contributed by atoms with Gasteiger partial charge in [-0.2, -0.15) is 0 Å². The zero-order valence-corrected chi connectivity index (χ0v) is 12.4. The van der Waals surface area contributed by atoms with Gasteiger partial charge in [0.2, 0.25) is 0 Å². The molecule has 2 rings (SSSR count). The summed E-state index contributed by atoms with van der Waals surface area (Å²) in [6.45, 7) is 4.32. The highest BCUT2D eigenvalue weighted by molar-refractivity contribution is 5.41. The SMILES string of the molecule is COc1ccc(C(CCO)c2ccc(C)cc2)cc1C. The standard InChI is InChI=1S/C18H22O2/c1-13-4-6-15(7-5-13)17(10-11-19)16-8-9-18(20-3)14(2)12-16/h4-9,12,17,19H,10-11H2,1-3H3. The molecule has 0 saturated carbocycles. The summed E-state index contributed by atoms with van der Waals surface area (Å²) in [4.78, 5) is 0. The Bertz CT molecular complexity index is 558. The average molecular weight is 270 g/mol. The molecule has 0 aliphatic heterocycles. The van der Waals surface area contributed by atoms with Gasteiger partial charge < -0.3 is 9.84 Å². The van der Waals surface area contributed by atoms with E-state index in [-0.39, 0.29) is 12.5 Å². The van der Waals surface area contributed by atoms with Crippen molar-refractivity contribution in [2.45, 2.75) is 26.2 Å². The molecular weight excluding hydrogens is 248 g/mol. The minimum atomic E-state index is 0.184. The number of aliphatic hydroxyl groups excluding tert-OH is 1. The summed E-state index contributed by atoms with van der Waals surface area (Å²) in [5, 5.41) is 9.36. The maximum absolute atomic E-state index is 9.36. The number of rotatable bonds is 5. The van der Waals surface area contributed by atoms with Gasteiger partial charge in [-0.25, -0.2) is 0 Å². The minimum Gasteiger partial charge on any atom is -0.496 e. The molecule has 1 unspecified atom stereocenters. The van der Waals surface area contributed by atoms with E-state index in [1.54, 1.807) is 7.11 Å². The van der Waals surface area contributed by atoms with Crippen LogP contribution < -0.4 is 4.74 Å². The lowest BCUT2D eigenvalue weighted by molar-refractivity contribution is 0.281. The van der Waals surface area contributed by atoms with Gasteiger partial charge in [-0.1, -0.05) is 42.0 Å². The molecular formula is C18H22O2. The summed E-state index contributed by atoms with van der Waals surface area (Å²) in [6, 6.07) is 14.8. The highest BCUT2D eigenvalue weighted by Gasteiger charge is 2.14. The molecule has 1 N–H and O–H groups in total. The first-order valence-electron chi connectivity index (χ1n) is 6.97. The number of hydrogen-bond acceptors (Lipinski definition) is 2. The van der Waals surface area contributed by atoms with E-state index in [4.69, 9.17) is 4.74 Å². The molecule has 0 amide bonds. The summed E-state index contributed by atoms with van der Waals surface area (Å²) < 4.78 is 5.31. The summed E-state index contributed by atoms with van der Waals surface area (Å²) in [7, 11) is 1.69. The molecule has 0 aliphatic rings. The molecule has 0 saturated heterocycles. The Balaban J connectivity index is 2.37. The van der Waals surface area contributed by atoms with E-state index in [2.05, 4.69) is 43.3 Å². The lowest BCUT2D eigenvalue weighted by Gasteiger charge is -2.18. The molecule has 0 bridgehead atoms. The van der Waals surface area contributed by atoms with Crippen molar-refractivity contribution < 1.29 is 9.84 Å². The van der Waals surface area contributed by atoms with Gasteiger partial charge in [0.15, 0.2) is 0 Å². The van der Waals surface area contributed by atoms with Crippen LogP contribution in [0.4, 0.5) is 0 Å². The molecule has 0 aromatic heterocycles. The molecule has 2 nitrogen and oxygen atoms in total. The second-order valence-corrected chi connectivity index (χ2v) is 5.20. The Morgan fingerprint density at radius 2 is 1.65 bits per heavy atom. The van der Waals surface area contributed by atoms with Crippen molar-refractivity contribution in [1.82, 2.24) is 0 Å². The van der Waals surface area contributed by atoms with Crippen molar-refractivity contribution in [3.8, 4) is 5.75 Å². The molecule has 0 heterocycles. The third-order valence-corrected chi connectivity index (χ3v) is 3.72. The molecule has 0 spiro atoms. The van der Waals surface area contributed by atoms with Gasteiger partial charge in [0, 0.05) is 12.5 Å². The van der Waals surface area contributed by atoms with Crippen LogP contribution >= 0.6 is 0 Å². The van der Waals surface area contributed by atoms with E-state index < -0.39 is 0 Å². The summed E-state index contributed by atoms with van der Waals surface area (Å²) in [6.07, 6.45) is 0.731. The Kier molecular flexibility index (Phi) is 4.80. The predicted molar refractivity (Wildman–Crippen MR) is 82.5 cm³/mol. The van der Waals surface area contributed by atoms with E-state index in [9.17, 15) is 5.11 Å². The first kappa shape index (κ1) is 14.6. The highest BCUT2D eigenvalue weighted by Crippen LogP contribution is 2.31. The number of ether oxygens (including phenoxy) is 1. The van der Waals surface area contributed by atoms with Gasteiger partial charge in [-0.05, 0) is 43.0 Å². The maximum atomic E-state index is 9.36. The van der Waals surface area contributed by atoms with Gasteiger partial charge in [0.05, 0.1) is 7.11 Å². The van der Waals surface area contributed by atoms with Crippen LogP contribution in [0.3, 0.4) is 0 Å². The molecule has 20 heavy (non-hydrogen) atoms. The van der Waals surface area contributed by atoms with Crippen molar-refractivity contribution >= 4 is 0 Å². The Labute approximate surface area is 121 Å². The topological polar surface area (TPSA) is 29.5 Å². The number of aryl methyl sites for hydroxylation is 2. The fourth-order valence-corrected chi connectivity index (χ4v) is 2.57. The molecule has 1 atom stereocenters. The fraction of sp³-hybridized carbons (Fsp3) is 0.333. The maximum Gasteiger partial charge on any atom is 0.121 e. The van der Waals surface area contributed by atoms with Crippen molar-refractivity contribution in [2.75, 3.05) is 13.7 Å². The molecule has 2 heteroatoms. The van der Waals surface area contributed by atoms with Crippen LogP contribution in [0.1, 0.15) is 34.6 Å². The summed E-state index contributed by atoms with van der Waals surface area (Å²) >= 11 is 0. The molecule has 0 fully saturated rings. The number of methoxy groups -OCH3 is 1. The van der Waals surface area contributed by atoms with Gasteiger partial charge in [0.1, 0.15) is 5.75 Å². The van der Waals surface area contributed by atoms with E-state index in [1.165, 1.54) is 16.7 Å². The average Bonchev–Trinajstić information content (AvgIpc) is 2.46. The van der Waals surface area contributed by atoms with Crippen LogP contribution in [0, 0.1) is 13.8 Å². The monoisotopic (exact) mass is 270 g/mol. The van der Waals surface area contributed by atoms with Crippen LogP contribution in [0.15, 0.2) is 42.5 Å². The third-order valence-electron chi connectivity index (χ3n) is 3.72. The predicted octanol–water partition coefficient (Wildman–Crippen LogP) is 3.83. The number of aliphatic hydroxyl groups is 1. The van der Waals surface area contributed by atoms with Crippen LogP contribution in [-0.2, 0) is 0 Å². The molecule has 2 aromatic carbocycles. The normalized spacial score (nSPS) is 12.2. The van der Waals surface area contributed by atoms with E-state index in [0.717, 1.165) is 17.7 Å². The van der Waals surface area contributed by atoms with Crippen molar-refractivity contribution in [1.29, 1.82) is 0 Å².